The van der Waals surface area contributed by atoms with Crippen LogP contribution in [0.2, 0.25) is 0 Å². The van der Waals surface area contributed by atoms with Gasteiger partial charge in [-0.1, -0.05) is 17.3 Å². The molecule has 2 heterocycles. The van der Waals surface area contributed by atoms with Crippen molar-refractivity contribution in [3.8, 4) is 5.75 Å². The fourth-order valence-electron chi connectivity index (χ4n) is 3.38. The molecule has 0 aliphatic rings. The number of hydrogen-bond acceptors (Lipinski definition) is 7. The lowest BCUT2D eigenvalue weighted by molar-refractivity contribution is -0.274. The van der Waals surface area contributed by atoms with Gasteiger partial charge in [-0.2, -0.15) is 0 Å². The number of aryl methyl sites for hydroxylation is 2. The Morgan fingerprint density at radius 3 is 2.49 bits per heavy atom. The maximum absolute atomic E-state index is 12.4. The molecule has 2 N–H and O–H groups in total. The van der Waals surface area contributed by atoms with Crippen molar-refractivity contribution in [3.05, 3.63) is 70.4 Å². The Morgan fingerprint density at radius 1 is 1.05 bits per heavy atom. The Kier molecular flexibility index (Phi) is 9.33. The van der Waals surface area contributed by atoms with Crippen LogP contribution in [0.5, 0.6) is 5.75 Å². The number of unbranched alkanes of at least 4 members (excludes halogenated alkanes) is 1. The van der Waals surface area contributed by atoms with E-state index in [0.29, 0.717) is 37.2 Å². The van der Waals surface area contributed by atoms with Crippen molar-refractivity contribution >= 4 is 17.7 Å². The number of benzene rings is 1. The van der Waals surface area contributed by atoms with Crippen molar-refractivity contribution in [2.45, 2.75) is 65.2 Å². The predicted molar refractivity (Wildman–Crippen MR) is 134 cm³/mol. The Hall–Kier alpha value is -4.36. The van der Waals surface area contributed by atoms with E-state index in [1.165, 1.54) is 39.7 Å². The highest BCUT2D eigenvalue weighted by atomic mass is 19.4. The summed E-state index contributed by atoms with van der Waals surface area (Å²) in [6.07, 6.45) is -1.14. The molecule has 2 amide bonds. The second kappa shape index (κ2) is 12.5. The topological polar surface area (TPSA) is 129 Å². The molecule has 0 atom stereocenters. The number of rotatable bonds is 10. The molecular formula is C25H29F3N6O5. The van der Waals surface area contributed by atoms with Gasteiger partial charge in [0, 0.05) is 31.9 Å². The van der Waals surface area contributed by atoms with Crippen molar-refractivity contribution in [1.82, 2.24) is 24.9 Å². The Bertz CT molecular complexity index is 1350. The van der Waals surface area contributed by atoms with Crippen LogP contribution in [0, 0.1) is 0 Å². The Labute approximate surface area is 221 Å². The third-order valence-electron chi connectivity index (χ3n) is 5.03. The highest BCUT2D eigenvalue weighted by Crippen LogP contribution is 2.23. The first-order chi connectivity index (χ1) is 18.3. The molecule has 0 spiro atoms. The van der Waals surface area contributed by atoms with Crippen LogP contribution >= 0.6 is 0 Å². The van der Waals surface area contributed by atoms with E-state index in [1.807, 2.05) is 0 Å². The molecule has 39 heavy (non-hydrogen) atoms. The van der Waals surface area contributed by atoms with Crippen LogP contribution in [-0.2, 0) is 24.4 Å². The van der Waals surface area contributed by atoms with Crippen molar-refractivity contribution in [2.24, 2.45) is 0 Å². The van der Waals surface area contributed by atoms with Gasteiger partial charge >= 0.3 is 12.5 Å². The molecule has 11 nitrogen and oxygen atoms in total. The molecule has 0 saturated carbocycles. The highest BCUT2D eigenvalue weighted by Gasteiger charge is 2.31. The van der Waals surface area contributed by atoms with Crippen molar-refractivity contribution in [1.29, 1.82) is 0 Å². The average Bonchev–Trinajstić information content (AvgIpc) is 3.28. The molecule has 0 saturated heterocycles. The van der Waals surface area contributed by atoms with Gasteiger partial charge < -0.3 is 19.4 Å². The molecule has 0 radical (unpaired) electrons. The SMILES string of the molecule is CC(C)(C)OC(=O)Nc1ccn(CCCCn2cc(C(=O)NCc3cccc(OC(F)(F)F)c3)nn2)c(=O)c1. The number of amides is 2. The second-order valence-electron chi connectivity index (χ2n) is 9.53. The van der Waals surface area contributed by atoms with Gasteiger partial charge in [-0.15, -0.1) is 18.3 Å². The second-order valence-corrected chi connectivity index (χ2v) is 9.53. The van der Waals surface area contributed by atoms with Crippen molar-refractivity contribution in [3.63, 3.8) is 0 Å². The van der Waals surface area contributed by atoms with Gasteiger partial charge in [-0.05, 0) is 57.4 Å². The van der Waals surface area contributed by atoms with Gasteiger partial charge in [0.1, 0.15) is 11.4 Å². The first-order valence-corrected chi connectivity index (χ1v) is 12.0. The fraction of sp³-hybridized carbons (Fsp3) is 0.400. The largest absolute Gasteiger partial charge is 0.573 e. The van der Waals surface area contributed by atoms with Crippen LogP contribution < -0.4 is 20.9 Å². The molecule has 14 heteroatoms. The Morgan fingerprint density at radius 2 is 1.79 bits per heavy atom. The number of carbonyl (C=O) groups is 2. The van der Waals surface area contributed by atoms with Crippen LogP contribution in [0.4, 0.5) is 23.7 Å². The fourth-order valence-corrected chi connectivity index (χ4v) is 3.38. The van der Waals surface area contributed by atoms with Crippen LogP contribution in [0.1, 0.15) is 49.7 Å². The molecule has 0 fully saturated rings. The minimum Gasteiger partial charge on any atom is -0.444 e. The van der Waals surface area contributed by atoms with E-state index in [0.717, 1.165) is 0 Å². The van der Waals surface area contributed by atoms with E-state index in [1.54, 1.807) is 39.1 Å². The number of anilines is 1. The number of pyridine rings is 1. The quantitative estimate of drug-likeness (QED) is 0.364. The maximum Gasteiger partial charge on any atom is 0.573 e. The van der Waals surface area contributed by atoms with Crippen molar-refractivity contribution < 1.29 is 32.2 Å². The minimum absolute atomic E-state index is 0.0262. The van der Waals surface area contributed by atoms with Crippen LogP contribution in [0.25, 0.3) is 0 Å². The number of ether oxygens (including phenoxy) is 2. The standard InChI is InChI=1S/C25H29F3N6O5/c1-24(2,3)39-23(37)30-18-9-12-33(21(35)14-18)10-4-5-11-34-16-20(31-32-34)22(36)29-15-17-7-6-8-19(13-17)38-25(26,27)28/h6-9,12-14,16H,4-5,10-11,15H2,1-3H3,(H,29,36)(H,30,37). The number of halogens is 3. The number of carbonyl (C=O) groups excluding carboxylic acids is 2. The van der Waals surface area contributed by atoms with E-state index in [2.05, 4.69) is 25.7 Å². The number of hydrogen-bond donors (Lipinski definition) is 2. The minimum atomic E-state index is -4.80. The van der Waals surface area contributed by atoms with Gasteiger partial charge in [0.2, 0.25) is 0 Å². The molecule has 2 aromatic heterocycles. The number of aromatic nitrogens is 4. The van der Waals surface area contributed by atoms with E-state index in [-0.39, 0.29) is 23.5 Å². The normalized spacial score (nSPS) is 11.6. The van der Waals surface area contributed by atoms with Crippen LogP contribution in [0.3, 0.4) is 0 Å². The smallest absolute Gasteiger partial charge is 0.444 e. The van der Waals surface area contributed by atoms with Gasteiger partial charge in [-0.3, -0.25) is 19.6 Å². The first kappa shape index (κ1) is 29.2. The highest BCUT2D eigenvalue weighted by molar-refractivity contribution is 5.91. The summed E-state index contributed by atoms with van der Waals surface area (Å²) in [5.74, 6) is -0.911. The summed E-state index contributed by atoms with van der Waals surface area (Å²) in [4.78, 5) is 36.5. The molecule has 0 aliphatic heterocycles. The number of nitrogens with zero attached hydrogens (tertiary/aromatic N) is 4. The summed E-state index contributed by atoms with van der Waals surface area (Å²) in [5, 5.41) is 12.8. The molecule has 1 aromatic carbocycles. The molecule has 3 aromatic rings. The van der Waals surface area contributed by atoms with Gasteiger partial charge in [0.05, 0.1) is 11.9 Å². The zero-order valence-corrected chi connectivity index (χ0v) is 21.6. The van der Waals surface area contributed by atoms with Gasteiger partial charge in [0.25, 0.3) is 11.5 Å². The molecule has 210 valence electrons. The number of alkyl halides is 3. The lowest BCUT2D eigenvalue weighted by Gasteiger charge is -2.19. The summed E-state index contributed by atoms with van der Waals surface area (Å²) in [7, 11) is 0. The predicted octanol–water partition coefficient (Wildman–Crippen LogP) is 4.10. The van der Waals surface area contributed by atoms with Gasteiger partial charge in [-0.25, -0.2) is 4.79 Å². The van der Waals surface area contributed by atoms with Crippen LogP contribution in [-0.4, -0.2) is 43.5 Å². The van der Waals surface area contributed by atoms with E-state index in [9.17, 15) is 27.6 Å². The van der Waals surface area contributed by atoms with E-state index >= 15 is 0 Å². The lowest BCUT2D eigenvalue weighted by atomic mass is 10.2. The van der Waals surface area contributed by atoms with Gasteiger partial charge in [0.15, 0.2) is 5.69 Å². The average molecular weight is 551 g/mol. The molecule has 0 aliphatic carbocycles. The zero-order chi connectivity index (χ0) is 28.6. The zero-order valence-electron chi connectivity index (χ0n) is 21.6. The summed E-state index contributed by atoms with van der Waals surface area (Å²) in [6.45, 7) is 6.08. The van der Waals surface area contributed by atoms with E-state index < -0.39 is 24.0 Å². The maximum atomic E-state index is 12.4. The first-order valence-electron chi connectivity index (χ1n) is 12.0. The summed E-state index contributed by atoms with van der Waals surface area (Å²) in [6, 6.07) is 8.21. The monoisotopic (exact) mass is 550 g/mol. The molecule has 0 unspecified atom stereocenters. The van der Waals surface area contributed by atoms with E-state index in [4.69, 9.17) is 4.74 Å². The summed E-state index contributed by atoms with van der Waals surface area (Å²) < 4.78 is 49.2. The summed E-state index contributed by atoms with van der Waals surface area (Å²) in [5.41, 5.74) is -0.123. The molecule has 0 bridgehead atoms. The van der Waals surface area contributed by atoms with Crippen LogP contribution in [0.15, 0.2) is 53.6 Å². The molecule has 3 rings (SSSR count). The number of nitrogens with one attached hydrogen (secondary N) is 2. The van der Waals surface area contributed by atoms with Crippen molar-refractivity contribution in [2.75, 3.05) is 5.32 Å². The third kappa shape index (κ3) is 10.1. The molecular weight excluding hydrogens is 521 g/mol. The Balaban J connectivity index is 1.42. The lowest BCUT2D eigenvalue weighted by Crippen LogP contribution is -2.28. The third-order valence-corrected chi connectivity index (χ3v) is 5.03. The summed E-state index contributed by atoms with van der Waals surface area (Å²) >= 11 is 0.